The molecule has 0 saturated carbocycles. The Hall–Kier alpha value is -0.0400. The molecule has 0 aromatic heterocycles. The van der Waals surface area contributed by atoms with E-state index >= 15 is 0 Å². The lowest BCUT2D eigenvalue weighted by Crippen LogP contribution is -2.26. The fourth-order valence-electron chi connectivity index (χ4n) is 1.91. The third-order valence-corrected chi connectivity index (χ3v) is 2.30. The highest BCUT2D eigenvalue weighted by molar-refractivity contribution is 4.82. The molecule has 0 unspecified atom stereocenters. The lowest BCUT2D eigenvalue weighted by atomic mass is 9.87. The summed E-state index contributed by atoms with van der Waals surface area (Å²) in [7, 11) is 0. The van der Waals surface area contributed by atoms with Crippen molar-refractivity contribution in [1.82, 2.24) is 5.32 Å². The highest BCUT2D eigenvalue weighted by Crippen LogP contribution is 2.26. The first-order valence-corrected chi connectivity index (χ1v) is 4.71. The Bertz CT molecular complexity index is 123. The minimum absolute atomic E-state index is 0.488. The molecule has 0 radical (unpaired) electrons. The molecule has 1 nitrogen and oxygen atoms in total. The molecular formula is C10H21N. The van der Waals surface area contributed by atoms with E-state index in [1.165, 1.54) is 19.4 Å². The summed E-state index contributed by atoms with van der Waals surface area (Å²) < 4.78 is 0. The molecular weight excluding hydrogens is 134 g/mol. The molecule has 0 spiro atoms. The van der Waals surface area contributed by atoms with Crippen LogP contribution in [0, 0.1) is 11.3 Å². The lowest BCUT2D eigenvalue weighted by Gasteiger charge is -2.22. The van der Waals surface area contributed by atoms with Gasteiger partial charge in [-0.1, -0.05) is 27.7 Å². The van der Waals surface area contributed by atoms with Crippen LogP contribution in [0.1, 0.15) is 40.5 Å². The molecule has 0 amide bonds. The molecule has 0 aliphatic carbocycles. The smallest absolute Gasteiger partial charge is 0.00751 e. The van der Waals surface area contributed by atoms with Crippen LogP contribution in [-0.2, 0) is 0 Å². The van der Waals surface area contributed by atoms with E-state index in [1.807, 2.05) is 0 Å². The first kappa shape index (κ1) is 9.05. The molecule has 0 bridgehead atoms. The molecule has 1 aliphatic rings. The quantitative estimate of drug-likeness (QED) is 0.613. The monoisotopic (exact) mass is 155 g/mol. The van der Waals surface area contributed by atoms with Crippen molar-refractivity contribution < 1.29 is 0 Å². The number of rotatable bonds is 1. The van der Waals surface area contributed by atoms with E-state index in [2.05, 4.69) is 33.0 Å². The normalized spacial score (nSPS) is 32.7. The Morgan fingerprint density at radius 3 is 2.36 bits per heavy atom. The maximum Gasteiger partial charge on any atom is 0.00751 e. The van der Waals surface area contributed by atoms with Crippen LogP contribution in [0.5, 0.6) is 0 Å². The summed E-state index contributed by atoms with van der Waals surface area (Å²) in [4.78, 5) is 0. The zero-order valence-electron chi connectivity index (χ0n) is 8.28. The fraction of sp³-hybridized carbons (Fsp3) is 1.00. The third kappa shape index (κ3) is 3.24. The van der Waals surface area contributed by atoms with Gasteiger partial charge in [-0.3, -0.25) is 0 Å². The molecule has 1 heteroatoms. The largest absolute Gasteiger partial charge is 0.314 e. The Balaban J connectivity index is 2.29. The van der Waals surface area contributed by atoms with Gasteiger partial charge in [0.15, 0.2) is 0 Å². The Morgan fingerprint density at radius 2 is 2.00 bits per heavy atom. The van der Waals surface area contributed by atoms with Crippen LogP contribution in [0.3, 0.4) is 0 Å². The second-order valence-electron chi connectivity index (χ2n) is 5.21. The zero-order chi connectivity index (χ0) is 8.48. The highest BCUT2D eigenvalue weighted by Gasteiger charge is 2.24. The van der Waals surface area contributed by atoms with Gasteiger partial charge in [-0.15, -0.1) is 0 Å². The average molecular weight is 155 g/mol. The molecule has 1 aliphatic heterocycles. The summed E-state index contributed by atoms with van der Waals surface area (Å²) in [5.41, 5.74) is 0.488. The number of hydrogen-bond acceptors (Lipinski definition) is 1. The fourth-order valence-corrected chi connectivity index (χ4v) is 1.91. The van der Waals surface area contributed by atoms with Crippen molar-refractivity contribution >= 4 is 0 Å². The molecule has 1 rings (SSSR count). The van der Waals surface area contributed by atoms with Crippen LogP contribution >= 0.6 is 0 Å². The summed E-state index contributed by atoms with van der Waals surface area (Å²) in [6.45, 7) is 10.5. The lowest BCUT2D eigenvalue weighted by molar-refractivity contribution is 0.323. The second-order valence-corrected chi connectivity index (χ2v) is 5.21. The molecule has 1 heterocycles. The van der Waals surface area contributed by atoms with E-state index in [1.54, 1.807) is 0 Å². The van der Waals surface area contributed by atoms with Gasteiger partial charge in [0.2, 0.25) is 0 Å². The molecule has 0 aromatic rings. The standard InChI is InChI=1S/C10H21N/c1-8-5-9(11-7-8)6-10(2,3)4/h8-9,11H,5-7H2,1-4H3/t8-,9+/m0/s1. The van der Waals surface area contributed by atoms with Crippen molar-refractivity contribution in [1.29, 1.82) is 0 Å². The molecule has 1 N–H and O–H groups in total. The van der Waals surface area contributed by atoms with E-state index in [-0.39, 0.29) is 0 Å². The van der Waals surface area contributed by atoms with Crippen LogP contribution in [0.25, 0.3) is 0 Å². The van der Waals surface area contributed by atoms with Crippen molar-refractivity contribution in [2.75, 3.05) is 6.54 Å². The summed E-state index contributed by atoms with van der Waals surface area (Å²) in [5.74, 6) is 0.891. The summed E-state index contributed by atoms with van der Waals surface area (Å²) in [5, 5.41) is 3.56. The van der Waals surface area contributed by atoms with Crippen molar-refractivity contribution in [3.63, 3.8) is 0 Å². The Labute approximate surface area is 70.6 Å². The van der Waals surface area contributed by atoms with Gasteiger partial charge < -0.3 is 5.32 Å². The van der Waals surface area contributed by atoms with Gasteiger partial charge in [-0.05, 0) is 30.7 Å². The highest BCUT2D eigenvalue weighted by atomic mass is 14.9. The Kier molecular flexibility index (Phi) is 2.58. The van der Waals surface area contributed by atoms with E-state index < -0.39 is 0 Å². The number of nitrogens with one attached hydrogen (secondary N) is 1. The van der Waals surface area contributed by atoms with Crippen LogP contribution in [0.15, 0.2) is 0 Å². The second kappa shape index (κ2) is 3.14. The predicted molar refractivity (Wildman–Crippen MR) is 49.6 cm³/mol. The van der Waals surface area contributed by atoms with Gasteiger partial charge in [-0.25, -0.2) is 0 Å². The summed E-state index contributed by atoms with van der Waals surface area (Å²) in [6.07, 6.45) is 2.69. The minimum Gasteiger partial charge on any atom is -0.314 e. The first-order chi connectivity index (χ1) is 4.97. The van der Waals surface area contributed by atoms with Crippen LogP contribution in [0.2, 0.25) is 0 Å². The molecule has 1 saturated heterocycles. The van der Waals surface area contributed by atoms with Gasteiger partial charge in [0.05, 0.1) is 0 Å². The Morgan fingerprint density at radius 1 is 1.36 bits per heavy atom. The van der Waals surface area contributed by atoms with Gasteiger partial charge in [0.25, 0.3) is 0 Å². The van der Waals surface area contributed by atoms with Crippen molar-refractivity contribution in [2.45, 2.75) is 46.6 Å². The van der Waals surface area contributed by atoms with Crippen LogP contribution in [0.4, 0.5) is 0 Å². The predicted octanol–water partition coefficient (Wildman–Crippen LogP) is 2.42. The number of hydrogen-bond donors (Lipinski definition) is 1. The van der Waals surface area contributed by atoms with Crippen molar-refractivity contribution in [3.8, 4) is 0 Å². The van der Waals surface area contributed by atoms with Crippen LogP contribution in [-0.4, -0.2) is 12.6 Å². The minimum atomic E-state index is 0.488. The van der Waals surface area contributed by atoms with Gasteiger partial charge in [-0.2, -0.15) is 0 Å². The first-order valence-electron chi connectivity index (χ1n) is 4.71. The van der Waals surface area contributed by atoms with E-state index in [9.17, 15) is 0 Å². The van der Waals surface area contributed by atoms with Gasteiger partial charge in [0.1, 0.15) is 0 Å². The zero-order valence-corrected chi connectivity index (χ0v) is 8.28. The molecule has 2 atom stereocenters. The summed E-state index contributed by atoms with van der Waals surface area (Å²) in [6, 6.07) is 0.782. The summed E-state index contributed by atoms with van der Waals surface area (Å²) >= 11 is 0. The van der Waals surface area contributed by atoms with E-state index in [4.69, 9.17) is 0 Å². The maximum atomic E-state index is 3.56. The average Bonchev–Trinajstić information content (AvgIpc) is 2.10. The molecule has 0 aromatic carbocycles. The van der Waals surface area contributed by atoms with E-state index in [0.717, 1.165) is 12.0 Å². The van der Waals surface area contributed by atoms with Crippen molar-refractivity contribution in [3.05, 3.63) is 0 Å². The SMILES string of the molecule is C[C@@H]1CN[C@@H](CC(C)(C)C)C1. The molecule has 11 heavy (non-hydrogen) atoms. The van der Waals surface area contributed by atoms with Crippen molar-refractivity contribution in [2.24, 2.45) is 11.3 Å². The third-order valence-electron chi connectivity index (χ3n) is 2.30. The topological polar surface area (TPSA) is 12.0 Å². The van der Waals surface area contributed by atoms with Gasteiger partial charge in [0, 0.05) is 6.04 Å². The molecule has 1 fully saturated rings. The van der Waals surface area contributed by atoms with Gasteiger partial charge >= 0.3 is 0 Å². The van der Waals surface area contributed by atoms with E-state index in [0.29, 0.717) is 5.41 Å². The molecule has 66 valence electrons. The maximum absolute atomic E-state index is 3.56. The van der Waals surface area contributed by atoms with Crippen LogP contribution < -0.4 is 5.32 Å².